The average molecular weight is 299 g/mol. The Morgan fingerprint density at radius 1 is 0.833 bits per heavy atom. The molecule has 0 unspecified atom stereocenters. The lowest BCUT2D eigenvalue weighted by Gasteiger charge is -2.03. The summed E-state index contributed by atoms with van der Waals surface area (Å²) in [6.45, 7) is 0.878. The van der Waals surface area contributed by atoms with Crippen molar-refractivity contribution in [2.45, 2.75) is 6.54 Å². The van der Waals surface area contributed by atoms with Crippen LogP contribution in [0.4, 0.5) is 0 Å². The van der Waals surface area contributed by atoms with Crippen LogP contribution in [0.2, 0.25) is 0 Å². The standard InChI is InChI=1S/C16H13BrN/c17-15-9-3-1-7-14(15)12-18-11-5-8-13-6-2-4-10-16(13)18/h1-11H,12H2/q+1. The summed E-state index contributed by atoms with van der Waals surface area (Å²) in [5.41, 5.74) is 2.55. The summed E-state index contributed by atoms with van der Waals surface area (Å²) in [5.74, 6) is 0. The predicted octanol–water partition coefficient (Wildman–Crippen LogP) is 3.94. The van der Waals surface area contributed by atoms with Gasteiger partial charge in [0.05, 0.1) is 0 Å². The molecule has 0 N–H and O–H groups in total. The minimum atomic E-state index is 0.878. The Kier molecular flexibility index (Phi) is 3.11. The smallest absolute Gasteiger partial charge is 0.194 e. The second-order valence-corrected chi connectivity index (χ2v) is 5.14. The van der Waals surface area contributed by atoms with Gasteiger partial charge in [-0.15, -0.1) is 0 Å². The molecular weight excluding hydrogens is 286 g/mol. The number of nitrogens with zero attached hydrogens (tertiary/aromatic N) is 1. The molecular formula is C16H13BrN+. The van der Waals surface area contributed by atoms with Crippen LogP contribution < -0.4 is 4.57 Å². The summed E-state index contributed by atoms with van der Waals surface area (Å²) in [5, 5.41) is 1.27. The zero-order valence-corrected chi connectivity index (χ0v) is 11.5. The van der Waals surface area contributed by atoms with Crippen LogP contribution in [0, 0.1) is 0 Å². The Balaban J connectivity index is 2.08. The molecule has 1 nitrogen and oxygen atoms in total. The maximum Gasteiger partial charge on any atom is 0.212 e. The van der Waals surface area contributed by atoms with Crippen molar-refractivity contribution in [1.82, 2.24) is 0 Å². The van der Waals surface area contributed by atoms with E-state index in [-0.39, 0.29) is 0 Å². The molecule has 0 amide bonds. The molecule has 0 aliphatic carbocycles. The molecule has 0 saturated heterocycles. The molecule has 0 fully saturated rings. The molecule has 2 heteroatoms. The molecule has 0 aliphatic rings. The van der Waals surface area contributed by atoms with Gasteiger partial charge in [-0.1, -0.05) is 46.3 Å². The van der Waals surface area contributed by atoms with Gasteiger partial charge >= 0.3 is 0 Å². The van der Waals surface area contributed by atoms with Crippen LogP contribution in [-0.2, 0) is 6.54 Å². The second-order valence-electron chi connectivity index (χ2n) is 4.29. The highest BCUT2D eigenvalue weighted by Crippen LogP contribution is 2.16. The Hall–Kier alpha value is -1.67. The van der Waals surface area contributed by atoms with Crippen molar-refractivity contribution in [3.8, 4) is 0 Å². The fraction of sp³-hybridized carbons (Fsp3) is 0.0625. The third kappa shape index (κ3) is 2.16. The van der Waals surface area contributed by atoms with Crippen LogP contribution >= 0.6 is 15.9 Å². The highest BCUT2D eigenvalue weighted by atomic mass is 79.9. The van der Waals surface area contributed by atoms with E-state index in [9.17, 15) is 0 Å². The Morgan fingerprint density at radius 2 is 1.56 bits per heavy atom. The number of para-hydroxylation sites is 1. The van der Waals surface area contributed by atoms with E-state index in [4.69, 9.17) is 0 Å². The number of fused-ring (bicyclic) bond motifs is 1. The monoisotopic (exact) mass is 298 g/mol. The third-order valence-electron chi connectivity index (χ3n) is 3.09. The van der Waals surface area contributed by atoms with Gasteiger partial charge in [-0.3, -0.25) is 0 Å². The maximum absolute atomic E-state index is 3.60. The summed E-state index contributed by atoms with van der Waals surface area (Å²) < 4.78 is 3.43. The van der Waals surface area contributed by atoms with Gasteiger partial charge in [0.1, 0.15) is 0 Å². The quantitative estimate of drug-likeness (QED) is 0.631. The Morgan fingerprint density at radius 3 is 2.44 bits per heavy atom. The van der Waals surface area contributed by atoms with Gasteiger partial charge in [0, 0.05) is 27.6 Å². The SMILES string of the molecule is Brc1ccccc1C[n+]1cccc2ccccc21. The zero-order valence-electron chi connectivity index (χ0n) is 9.88. The molecule has 1 aromatic heterocycles. The number of halogens is 1. The summed E-state index contributed by atoms with van der Waals surface area (Å²) >= 11 is 3.60. The van der Waals surface area contributed by atoms with Crippen molar-refractivity contribution in [3.05, 3.63) is 76.9 Å². The largest absolute Gasteiger partial charge is 0.212 e. The maximum atomic E-state index is 3.60. The number of rotatable bonds is 2. The molecule has 0 atom stereocenters. The molecule has 18 heavy (non-hydrogen) atoms. The fourth-order valence-corrected chi connectivity index (χ4v) is 2.58. The molecule has 2 aromatic carbocycles. The minimum Gasteiger partial charge on any atom is -0.194 e. The van der Waals surface area contributed by atoms with Crippen LogP contribution in [0.15, 0.2) is 71.3 Å². The third-order valence-corrected chi connectivity index (χ3v) is 3.86. The lowest BCUT2D eigenvalue weighted by molar-refractivity contribution is -0.662. The summed E-state index contributed by atoms with van der Waals surface area (Å²) in [6.07, 6.45) is 2.13. The van der Waals surface area contributed by atoms with Gasteiger partial charge in [-0.2, -0.15) is 4.57 Å². The van der Waals surface area contributed by atoms with Crippen molar-refractivity contribution in [3.63, 3.8) is 0 Å². The molecule has 0 spiro atoms. The number of hydrogen-bond donors (Lipinski definition) is 0. The van der Waals surface area contributed by atoms with E-state index in [1.807, 2.05) is 6.07 Å². The topological polar surface area (TPSA) is 3.88 Å². The van der Waals surface area contributed by atoms with Crippen molar-refractivity contribution >= 4 is 26.8 Å². The van der Waals surface area contributed by atoms with Crippen LogP contribution in [-0.4, -0.2) is 0 Å². The molecule has 3 aromatic rings. The van der Waals surface area contributed by atoms with E-state index in [1.165, 1.54) is 16.5 Å². The summed E-state index contributed by atoms with van der Waals surface area (Å²) in [6, 6.07) is 21.1. The molecule has 0 aliphatic heterocycles. The van der Waals surface area contributed by atoms with Crippen molar-refractivity contribution in [2.75, 3.05) is 0 Å². The Labute approximate surface area is 115 Å². The Bertz CT molecular complexity index is 686. The number of hydrogen-bond acceptors (Lipinski definition) is 0. The number of aromatic nitrogens is 1. The van der Waals surface area contributed by atoms with E-state index in [2.05, 4.69) is 81.3 Å². The van der Waals surface area contributed by atoms with Crippen molar-refractivity contribution < 1.29 is 4.57 Å². The predicted molar refractivity (Wildman–Crippen MR) is 77.4 cm³/mol. The highest BCUT2D eigenvalue weighted by molar-refractivity contribution is 9.10. The van der Waals surface area contributed by atoms with E-state index in [0.717, 1.165) is 11.0 Å². The number of pyridine rings is 1. The van der Waals surface area contributed by atoms with Crippen LogP contribution in [0.5, 0.6) is 0 Å². The molecule has 3 rings (SSSR count). The van der Waals surface area contributed by atoms with Crippen LogP contribution in [0.25, 0.3) is 10.9 Å². The first-order valence-corrected chi connectivity index (χ1v) is 6.74. The van der Waals surface area contributed by atoms with Gasteiger partial charge < -0.3 is 0 Å². The number of benzene rings is 2. The summed E-state index contributed by atoms with van der Waals surface area (Å²) in [7, 11) is 0. The van der Waals surface area contributed by atoms with E-state index >= 15 is 0 Å². The van der Waals surface area contributed by atoms with Gasteiger partial charge in [0.25, 0.3) is 0 Å². The lowest BCUT2D eigenvalue weighted by Crippen LogP contribution is -2.34. The summed E-state index contributed by atoms with van der Waals surface area (Å²) in [4.78, 5) is 0. The van der Waals surface area contributed by atoms with Gasteiger partial charge in [-0.25, -0.2) is 0 Å². The van der Waals surface area contributed by atoms with E-state index in [1.54, 1.807) is 0 Å². The molecule has 1 heterocycles. The van der Waals surface area contributed by atoms with Crippen LogP contribution in [0.3, 0.4) is 0 Å². The van der Waals surface area contributed by atoms with Gasteiger partial charge in [0.15, 0.2) is 12.7 Å². The minimum absolute atomic E-state index is 0.878. The first kappa shape index (κ1) is 11.4. The first-order chi connectivity index (χ1) is 8.84. The van der Waals surface area contributed by atoms with Gasteiger partial charge in [-0.05, 0) is 18.2 Å². The average Bonchev–Trinajstić information content (AvgIpc) is 2.42. The van der Waals surface area contributed by atoms with E-state index < -0.39 is 0 Å². The van der Waals surface area contributed by atoms with Crippen LogP contribution in [0.1, 0.15) is 5.56 Å². The first-order valence-electron chi connectivity index (χ1n) is 5.95. The zero-order chi connectivity index (χ0) is 12.4. The second kappa shape index (κ2) is 4.91. The normalized spacial score (nSPS) is 10.7. The fourth-order valence-electron chi connectivity index (χ4n) is 2.17. The molecule has 88 valence electrons. The lowest BCUT2D eigenvalue weighted by atomic mass is 10.2. The molecule has 0 saturated carbocycles. The van der Waals surface area contributed by atoms with Crippen molar-refractivity contribution in [1.29, 1.82) is 0 Å². The molecule has 0 radical (unpaired) electrons. The molecule has 0 bridgehead atoms. The van der Waals surface area contributed by atoms with Crippen molar-refractivity contribution in [2.24, 2.45) is 0 Å². The highest BCUT2D eigenvalue weighted by Gasteiger charge is 2.09. The van der Waals surface area contributed by atoms with E-state index in [0.29, 0.717) is 0 Å². The van der Waals surface area contributed by atoms with Gasteiger partial charge in [0.2, 0.25) is 5.52 Å².